The van der Waals surface area contributed by atoms with Crippen LogP contribution in [0.1, 0.15) is 271 Å². The van der Waals surface area contributed by atoms with Gasteiger partial charge < -0.3 is 45.1 Å². The highest BCUT2D eigenvalue weighted by atomic mass is 16.7. The largest absolute Gasteiger partial charge is 0.454 e. The summed E-state index contributed by atoms with van der Waals surface area (Å²) in [5.41, 5.74) is 0. The highest BCUT2D eigenvalue weighted by Crippen LogP contribution is 2.26. The lowest BCUT2D eigenvalue weighted by Gasteiger charge is -2.41. The van der Waals surface area contributed by atoms with Gasteiger partial charge in [-0.2, -0.15) is 0 Å². The van der Waals surface area contributed by atoms with Crippen LogP contribution in [0.3, 0.4) is 0 Å². The fourth-order valence-corrected chi connectivity index (χ4v) is 9.96. The zero-order chi connectivity index (χ0) is 61.7. The van der Waals surface area contributed by atoms with Crippen molar-refractivity contribution < 1.29 is 49.3 Å². The Morgan fingerprint density at radius 3 is 1.29 bits per heavy atom. The van der Waals surface area contributed by atoms with Crippen LogP contribution in [0.5, 0.6) is 0 Å². The predicted molar refractivity (Wildman–Crippen MR) is 356 cm³/mol. The lowest BCUT2D eigenvalue weighted by Crippen LogP contribution is -2.61. The third-order valence-electron chi connectivity index (χ3n) is 15.3. The number of nitrogens with one attached hydrogen (secondary N) is 1. The van der Waals surface area contributed by atoms with Gasteiger partial charge in [0, 0.05) is 6.42 Å². The maximum atomic E-state index is 13.5. The smallest absolute Gasteiger partial charge is 0.306 e. The van der Waals surface area contributed by atoms with Crippen LogP contribution in [0.25, 0.3) is 0 Å². The van der Waals surface area contributed by atoms with E-state index in [2.05, 4.69) is 135 Å². The monoisotopic (exact) mass is 1190 g/mol. The summed E-state index contributed by atoms with van der Waals surface area (Å²) in [4.78, 5) is 26.7. The third kappa shape index (κ3) is 47.8. The Labute approximate surface area is 519 Å². The van der Waals surface area contributed by atoms with E-state index in [0.29, 0.717) is 12.8 Å². The minimum Gasteiger partial charge on any atom is -0.454 e. The second-order valence-electron chi connectivity index (χ2n) is 23.2. The van der Waals surface area contributed by atoms with E-state index in [4.69, 9.17) is 14.2 Å². The minimum absolute atomic E-state index is 0.101. The van der Waals surface area contributed by atoms with Gasteiger partial charge >= 0.3 is 5.97 Å². The molecule has 1 saturated heterocycles. The fourth-order valence-electron chi connectivity index (χ4n) is 9.96. The predicted octanol–water partition coefficient (Wildman–Crippen LogP) is 17.4. The number of carbonyl (C=O) groups is 2. The van der Waals surface area contributed by atoms with Gasteiger partial charge in [0.1, 0.15) is 24.4 Å². The van der Waals surface area contributed by atoms with Crippen molar-refractivity contribution in [2.24, 2.45) is 0 Å². The summed E-state index contributed by atoms with van der Waals surface area (Å²) in [5.74, 6) is -1.23. The van der Waals surface area contributed by atoms with E-state index in [-0.39, 0.29) is 19.4 Å². The van der Waals surface area contributed by atoms with Crippen molar-refractivity contribution in [3.8, 4) is 0 Å². The van der Waals surface area contributed by atoms with Gasteiger partial charge in [0.25, 0.3) is 0 Å². The van der Waals surface area contributed by atoms with Crippen LogP contribution >= 0.6 is 0 Å². The molecule has 8 unspecified atom stereocenters. The summed E-state index contributed by atoms with van der Waals surface area (Å²) in [6, 6.07) is -1.04. The van der Waals surface area contributed by atoms with Crippen LogP contribution < -0.4 is 5.32 Å². The molecule has 8 atom stereocenters. The second kappa shape index (κ2) is 60.3. The fraction of sp³-hybridized carbons (Fsp3) is 0.703. The van der Waals surface area contributed by atoms with Gasteiger partial charge in [0.05, 0.1) is 25.4 Å². The number of aliphatic hydroxyl groups is 5. The van der Waals surface area contributed by atoms with Crippen molar-refractivity contribution in [2.75, 3.05) is 13.2 Å². The SMILES string of the molecule is CC/C=C\C/C=C\C/C=C\C/C=C\C/C=C\C/C=C\CCCCCCCC(O)C(=O)NC(COC1OC(CO)C(O)C(O)C1OC(=O)CCCCCCCC/C=C\C/C=C\C/C=C\CCCCC)C(O)/C=C/CCCCCCCCCCCCC. The zero-order valence-corrected chi connectivity index (χ0v) is 53.9. The van der Waals surface area contributed by atoms with Crippen LogP contribution in [-0.4, -0.2) is 99.6 Å². The summed E-state index contributed by atoms with van der Waals surface area (Å²) in [6.07, 6.45) is 73.6. The number of allylic oxidation sites excluding steroid dienone is 19. The molecule has 0 aromatic heterocycles. The molecule has 0 aromatic rings. The molecular formula is C74H125NO10. The molecule has 0 spiro atoms. The number of aliphatic hydroxyl groups excluding tert-OH is 5. The first-order valence-electron chi connectivity index (χ1n) is 34.3. The Kier molecular flexibility index (Phi) is 56.1. The van der Waals surface area contributed by atoms with Crippen LogP contribution in [0.2, 0.25) is 0 Å². The highest BCUT2D eigenvalue weighted by molar-refractivity contribution is 5.80. The maximum absolute atomic E-state index is 13.5. The molecule has 0 radical (unpaired) electrons. The Balaban J connectivity index is 2.66. The Hall–Kier alpha value is -3.94. The number of rotatable bonds is 57. The van der Waals surface area contributed by atoms with E-state index in [1.165, 1.54) is 77.0 Å². The molecule has 11 nitrogen and oxygen atoms in total. The van der Waals surface area contributed by atoms with E-state index in [1.54, 1.807) is 6.08 Å². The first kappa shape index (κ1) is 79.1. The molecule has 85 heavy (non-hydrogen) atoms. The van der Waals surface area contributed by atoms with E-state index >= 15 is 0 Å². The zero-order valence-electron chi connectivity index (χ0n) is 53.9. The number of unbranched alkanes of at least 4 members (excludes halogenated alkanes) is 25. The van der Waals surface area contributed by atoms with Gasteiger partial charge in [0.2, 0.25) is 5.91 Å². The molecule has 6 N–H and O–H groups in total. The standard InChI is InChI=1S/C74H125NO10/c1-4-7-10-13-16-19-22-25-27-29-31-32-33-34-35-37-38-40-43-46-49-52-55-58-61-67(78)73(82)75-65(66(77)60-57-54-51-48-45-42-24-21-18-15-12-9-6-3)64-83-74-72(71(81)70(80)68(63-76)84-74)85-69(79)62-59-56-53-50-47-44-41-39-36-30-28-26-23-20-17-14-11-8-5-2/h7,10,16-17,19-20,25-28,31-32,34-36,38-40,57,60,65-68,70-72,74,76-78,80-81H,4-6,8-9,11-15,18,21-24,29-30,33,37,41-56,58-59,61-64H2,1-3H3,(H,75,82)/b10-7-,19-16-,20-17-,27-25-,28-26-,32-31-,35-34-,39-36-,40-38-,60-57+. The maximum Gasteiger partial charge on any atom is 0.306 e. The number of carbonyl (C=O) groups excluding carboxylic acids is 2. The van der Waals surface area contributed by atoms with Crippen molar-refractivity contribution in [3.63, 3.8) is 0 Å². The first-order valence-corrected chi connectivity index (χ1v) is 34.3. The van der Waals surface area contributed by atoms with E-state index in [9.17, 15) is 35.1 Å². The number of esters is 1. The van der Waals surface area contributed by atoms with Crippen LogP contribution in [0.15, 0.2) is 122 Å². The topological polar surface area (TPSA) is 175 Å². The van der Waals surface area contributed by atoms with Crippen molar-refractivity contribution in [1.82, 2.24) is 5.32 Å². The van der Waals surface area contributed by atoms with E-state index in [0.717, 1.165) is 148 Å². The lowest BCUT2D eigenvalue weighted by molar-refractivity contribution is -0.305. The van der Waals surface area contributed by atoms with Gasteiger partial charge in [-0.3, -0.25) is 9.59 Å². The number of amides is 1. The molecule has 0 aromatic carbocycles. The molecule has 1 rings (SSSR count). The molecule has 1 aliphatic heterocycles. The minimum atomic E-state index is -1.63. The number of hydrogen-bond acceptors (Lipinski definition) is 10. The van der Waals surface area contributed by atoms with Crippen molar-refractivity contribution >= 4 is 11.9 Å². The number of ether oxygens (including phenoxy) is 3. The molecule has 0 aliphatic carbocycles. The van der Waals surface area contributed by atoms with Crippen LogP contribution in [-0.2, 0) is 23.8 Å². The molecule has 1 amide bonds. The third-order valence-corrected chi connectivity index (χ3v) is 15.3. The molecule has 0 saturated carbocycles. The molecule has 0 bridgehead atoms. The van der Waals surface area contributed by atoms with Gasteiger partial charge in [-0.25, -0.2) is 0 Å². The van der Waals surface area contributed by atoms with Crippen LogP contribution in [0.4, 0.5) is 0 Å². The summed E-state index contributed by atoms with van der Waals surface area (Å²) in [6.45, 7) is 5.64. The summed E-state index contributed by atoms with van der Waals surface area (Å²) >= 11 is 0. The highest BCUT2D eigenvalue weighted by Gasteiger charge is 2.47. The molecule has 1 fully saturated rings. The summed E-state index contributed by atoms with van der Waals surface area (Å²) < 4.78 is 17.7. The van der Waals surface area contributed by atoms with E-state index < -0.39 is 67.4 Å². The average molecular weight is 1190 g/mol. The molecule has 486 valence electrons. The van der Waals surface area contributed by atoms with Crippen molar-refractivity contribution in [3.05, 3.63) is 122 Å². The summed E-state index contributed by atoms with van der Waals surface area (Å²) in [5, 5.41) is 57.2. The van der Waals surface area contributed by atoms with Gasteiger partial charge in [-0.15, -0.1) is 0 Å². The molecular weight excluding hydrogens is 1060 g/mol. The van der Waals surface area contributed by atoms with Crippen molar-refractivity contribution in [1.29, 1.82) is 0 Å². The quantitative estimate of drug-likeness (QED) is 0.0195. The van der Waals surface area contributed by atoms with Gasteiger partial charge in [0.15, 0.2) is 12.4 Å². The normalized spacial score (nSPS) is 19.2. The number of hydrogen-bond donors (Lipinski definition) is 6. The average Bonchev–Trinajstić information content (AvgIpc) is 3.17. The lowest BCUT2D eigenvalue weighted by atomic mass is 9.99. The molecule has 11 heteroatoms. The second-order valence-corrected chi connectivity index (χ2v) is 23.2. The summed E-state index contributed by atoms with van der Waals surface area (Å²) in [7, 11) is 0. The first-order chi connectivity index (χ1) is 41.7. The Bertz CT molecular complexity index is 1850. The Morgan fingerprint density at radius 1 is 0.471 bits per heavy atom. The Morgan fingerprint density at radius 2 is 0.847 bits per heavy atom. The van der Waals surface area contributed by atoms with E-state index in [1.807, 2.05) is 6.08 Å². The van der Waals surface area contributed by atoms with Gasteiger partial charge in [-0.1, -0.05) is 271 Å². The molecule has 1 heterocycles. The van der Waals surface area contributed by atoms with Crippen LogP contribution in [0, 0.1) is 0 Å². The molecule has 1 aliphatic rings. The van der Waals surface area contributed by atoms with Gasteiger partial charge in [-0.05, 0) is 116 Å². The van der Waals surface area contributed by atoms with Crippen molar-refractivity contribution in [2.45, 2.75) is 320 Å².